The Morgan fingerprint density at radius 2 is 1.94 bits per heavy atom. The van der Waals surface area contributed by atoms with Crippen molar-refractivity contribution in [3.8, 4) is 17.6 Å². The summed E-state index contributed by atoms with van der Waals surface area (Å²) in [5.41, 5.74) is 1.54. The lowest BCUT2D eigenvalue weighted by atomic mass is 10.0. The maximum atomic E-state index is 14.0. The van der Waals surface area contributed by atoms with Gasteiger partial charge in [0.15, 0.2) is 11.5 Å². The molecule has 0 aliphatic carbocycles. The van der Waals surface area contributed by atoms with E-state index in [0.717, 1.165) is 0 Å². The molecule has 156 valence electrons. The van der Waals surface area contributed by atoms with Gasteiger partial charge < -0.3 is 9.47 Å². The predicted molar refractivity (Wildman–Crippen MR) is 115 cm³/mol. The van der Waals surface area contributed by atoms with Gasteiger partial charge in [-0.2, -0.15) is 5.26 Å². The standard InChI is InChI=1S/C23H16ClFN2O4/c1-30-22-12-16(10-17(13-26)19-4-2-3-5-21(19)25)11-20(24)23(22)31-14-15-6-8-18(9-7-15)27(28)29/h2-12H,14H2,1H3. The number of ether oxygens (including phenoxy) is 2. The third-order valence-corrected chi connectivity index (χ3v) is 4.66. The van der Waals surface area contributed by atoms with Crippen LogP contribution in [0.3, 0.4) is 0 Å². The zero-order chi connectivity index (χ0) is 22.4. The van der Waals surface area contributed by atoms with E-state index in [1.807, 2.05) is 6.07 Å². The molecule has 0 heterocycles. The van der Waals surface area contributed by atoms with E-state index >= 15 is 0 Å². The molecule has 3 aromatic rings. The molecular formula is C23H16ClFN2O4. The summed E-state index contributed by atoms with van der Waals surface area (Å²) in [6, 6.07) is 17.1. The first-order valence-corrected chi connectivity index (χ1v) is 9.41. The summed E-state index contributed by atoms with van der Waals surface area (Å²) >= 11 is 6.37. The summed E-state index contributed by atoms with van der Waals surface area (Å²) in [7, 11) is 1.44. The number of allylic oxidation sites excluding steroid dienone is 1. The number of rotatable bonds is 7. The highest BCUT2D eigenvalue weighted by molar-refractivity contribution is 6.32. The Morgan fingerprint density at radius 3 is 2.55 bits per heavy atom. The molecule has 0 fully saturated rings. The minimum Gasteiger partial charge on any atom is -0.493 e. The van der Waals surface area contributed by atoms with Gasteiger partial charge >= 0.3 is 0 Å². The van der Waals surface area contributed by atoms with Gasteiger partial charge in [-0.05, 0) is 47.5 Å². The minimum absolute atomic E-state index is 0.0151. The third kappa shape index (κ3) is 5.18. The molecule has 0 N–H and O–H groups in total. The fraction of sp³-hybridized carbons (Fsp3) is 0.0870. The van der Waals surface area contributed by atoms with Crippen molar-refractivity contribution in [3.05, 3.63) is 98.3 Å². The number of nitro groups is 1. The Bertz CT molecular complexity index is 1190. The van der Waals surface area contributed by atoms with Crippen LogP contribution in [0.4, 0.5) is 10.1 Å². The van der Waals surface area contributed by atoms with Crippen molar-refractivity contribution in [2.75, 3.05) is 7.11 Å². The number of hydrogen-bond acceptors (Lipinski definition) is 5. The van der Waals surface area contributed by atoms with Gasteiger partial charge in [-0.1, -0.05) is 29.8 Å². The van der Waals surface area contributed by atoms with Crippen molar-refractivity contribution in [2.45, 2.75) is 6.61 Å². The average Bonchev–Trinajstić information content (AvgIpc) is 2.77. The molecule has 0 unspecified atom stereocenters. The molecule has 0 saturated carbocycles. The average molecular weight is 439 g/mol. The molecule has 0 radical (unpaired) electrons. The molecule has 0 spiro atoms. The first-order valence-electron chi connectivity index (χ1n) is 9.03. The van der Waals surface area contributed by atoms with Crippen LogP contribution in [-0.4, -0.2) is 12.0 Å². The number of benzene rings is 3. The van der Waals surface area contributed by atoms with Crippen molar-refractivity contribution >= 4 is 28.9 Å². The van der Waals surface area contributed by atoms with Crippen LogP contribution >= 0.6 is 11.6 Å². The van der Waals surface area contributed by atoms with Crippen LogP contribution in [0.5, 0.6) is 11.5 Å². The fourth-order valence-electron chi connectivity index (χ4n) is 2.85. The maximum Gasteiger partial charge on any atom is 0.269 e. The lowest BCUT2D eigenvalue weighted by molar-refractivity contribution is -0.384. The normalized spacial score (nSPS) is 11.0. The van der Waals surface area contributed by atoms with Gasteiger partial charge in [0.25, 0.3) is 5.69 Å². The zero-order valence-electron chi connectivity index (χ0n) is 16.3. The molecule has 0 amide bonds. The van der Waals surface area contributed by atoms with Gasteiger partial charge in [0, 0.05) is 17.7 Å². The largest absolute Gasteiger partial charge is 0.493 e. The number of halogens is 2. The van der Waals surface area contributed by atoms with Crippen molar-refractivity contribution in [2.24, 2.45) is 0 Å². The third-order valence-electron chi connectivity index (χ3n) is 4.38. The number of nitrogens with zero attached hydrogens (tertiary/aromatic N) is 2. The number of hydrogen-bond donors (Lipinski definition) is 0. The van der Waals surface area contributed by atoms with Gasteiger partial charge in [-0.3, -0.25) is 10.1 Å². The SMILES string of the molecule is COc1cc(C=C(C#N)c2ccccc2F)cc(Cl)c1OCc1ccc([N+](=O)[O-])cc1. The predicted octanol–water partition coefficient (Wildman–Crippen LogP) is 6.04. The van der Waals surface area contributed by atoms with Gasteiger partial charge in [0.05, 0.1) is 28.7 Å². The van der Waals surface area contributed by atoms with Crippen molar-refractivity contribution in [1.82, 2.24) is 0 Å². The number of methoxy groups -OCH3 is 1. The monoisotopic (exact) mass is 438 g/mol. The van der Waals surface area contributed by atoms with E-state index in [2.05, 4.69) is 0 Å². The smallest absolute Gasteiger partial charge is 0.269 e. The van der Waals surface area contributed by atoms with Crippen molar-refractivity contribution in [1.29, 1.82) is 5.26 Å². The lowest BCUT2D eigenvalue weighted by Gasteiger charge is -2.13. The molecule has 0 saturated heterocycles. The summed E-state index contributed by atoms with van der Waals surface area (Å²) in [5, 5.41) is 20.5. The Morgan fingerprint density at radius 1 is 1.23 bits per heavy atom. The second-order valence-electron chi connectivity index (χ2n) is 6.40. The van der Waals surface area contributed by atoms with E-state index in [1.165, 1.54) is 37.5 Å². The van der Waals surface area contributed by atoms with Crippen LogP contribution in [-0.2, 0) is 6.61 Å². The van der Waals surface area contributed by atoms with Gasteiger partial charge in [0.2, 0.25) is 0 Å². The maximum absolute atomic E-state index is 14.0. The zero-order valence-corrected chi connectivity index (χ0v) is 17.1. The second kappa shape index (κ2) is 9.74. The Kier molecular flexibility index (Phi) is 6.85. The molecule has 3 aromatic carbocycles. The molecule has 0 aliphatic heterocycles. The van der Waals surface area contributed by atoms with Crippen LogP contribution in [0.15, 0.2) is 60.7 Å². The van der Waals surface area contributed by atoms with E-state index in [0.29, 0.717) is 16.9 Å². The summed E-state index contributed by atoms with van der Waals surface area (Å²) < 4.78 is 25.2. The summed E-state index contributed by atoms with van der Waals surface area (Å²) in [6.07, 6.45) is 1.51. The van der Waals surface area contributed by atoms with Crippen molar-refractivity contribution < 1.29 is 18.8 Å². The molecule has 6 nitrogen and oxygen atoms in total. The fourth-order valence-corrected chi connectivity index (χ4v) is 3.12. The minimum atomic E-state index is -0.503. The second-order valence-corrected chi connectivity index (χ2v) is 6.80. The van der Waals surface area contributed by atoms with E-state index < -0.39 is 10.7 Å². The topological polar surface area (TPSA) is 85.4 Å². The van der Waals surface area contributed by atoms with Gasteiger partial charge in [0.1, 0.15) is 12.4 Å². The molecule has 0 bridgehead atoms. The molecule has 3 rings (SSSR count). The summed E-state index contributed by atoms with van der Waals surface area (Å²) in [4.78, 5) is 10.3. The summed E-state index contributed by atoms with van der Waals surface area (Å²) in [6.45, 7) is 0.113. The van der Waals surface area contributed by atoms with E-state index in [1.54, 1.807) is 36.4 Å². The summed E-state index contributed by atoms with van der Waals surface area (Å²) in [5.74, 6) is 0.104. The molecule has 0 atom stereocenters. The highest BCUT2D eigenvalue weighted by Crippen LogP contribution is 2.38. The molecule has 0 aliphatic rings. The molecule has 8 heteroatoms. The van der Waals surface area contributed by atoms with Gasteiger partial charge in [-0.25, -0.2) is 4.39 Å². The highest BCUT2D eigenvalue weighted by atomic mass is 35.5. The number of non-ortho nitro benzene ring substituents is 1. The first kappa shape index (κ1) is 21.8. The van der Waals surface area contributed by atoms with Crippen LogP contribution in [0.2, 0.25) is 5.02 Å². The van der Waals surface area contributed by atoms with E-state index in [-0.39, 0.29) is 34.2 Å². The van der Waals surface area contributed by atoms with E-state index in [9.17, 15) is 19.8 Å². The van der Waals surface area contributed by atoms with Crippen LogP contribution < -0.4 is 9.47 Å². The van der Waals surface area contributed by atoms with Gasteiger partial charge in [-0.15, -0.1) is 0 Å². The Labute approximate surface area is 182 Å². The van der Waals surface area contributed by atoms with Crippen LogP contribution in [0.25, 0.3) is 11.6 Å². The first-order chi connectivity index (χ1) is 14.9. The molecule has 0 aromatic heterocycles. The quantitative estimate of drug-likeness (QED) is 0.194. The Balaban J connectivity index is 1.87. The number of nitro benzene ring substituents is 1. The molecular weight excluding hydrogens is 423 g/mol. The van der Waals surface area contributed by atoms with Crippen LogP contribution in [0.1, 0.15) is 16.7 Å². The van der Waals surface area contributed by atoms with E-state index in [4.69, 9.17) is 21.1 Å². The van der Waals surface area contributed by atoms with Crippen molar-refractivity contribution in [3.63, 3.8) is 0 Å². The highest BCUT2D eigenvalue weighted by Gasteiger charge is 2.14. The molecule has 31 heavy (non-hydrogen) atoms. The lowest BCUT2D eigenvalue weighted by Crippen LogP contribution is -1.99. The van der Waals surface area contributed by atoms with Crippen LogP contribution in [0, 0.1) is 27.3 Å². The number of nitriles is 1. The Hall–Kier alpha value is -3.89.